The van der Waals surface area contributed by atoms with Crippen LogP contribution in [0.25, 0.3) is 11.0 Å². The zero-order valence-electron chi connectivity index (χ0n) is 19.5. The summed E-state index contributed by atoms with van der Waals surface area (Å²) in [4.78, 5) is 23.4. The Balaban J connectivity index is 1.41. The van der Waals surface area contributed by atoms with Crippen LogP contribution in [-0.4, -0.2) is 39.0 Å². The molecule has 2 aromatic carbocycles. The van der Waals surface area contributed by atoms with E-state index in [0.717, 1.165) is 42.0 Å². The number of hydrogen-bond acceptors (Lipinski definition) is 4. The normalized spacial score (nSPS) is 11.0. The van der Waals surface area contributed by atoms with Crippen LogP contribution in [0.2, 0.25) is 0 Å². The Labute approximate surface area is 194 Å². The molecule has 33 heavy (non-hydrogen) atoms. The summed E-state index contributed by atoms with van der Waals surface area (Å²) < 4.78 is 8.21. The molecular weight excluding hydrogens is 412 g/mol. The SMILES string of the molecule is Cc1ccc(OCCCCn2c(CN(C)C(=O)c3cccnc3)nc3ccccc32)c(C)c1. The third kappa shape index (κ3) is 5.40. The number of nitrogens with zero attached hydrogens (tertiary/aromatic N) is 4. The van der Waals surface area contributed by atoms with Crippen molar-refractivity contribution in [3.63, 3.8) is 0 Å². The fraction of sp³-hybridized carbons (Fsp3) is 0.296. The van der Waals surface area contributed by atoms with Gasteiger partial charge in [0.15, 0.2) is 0 Å². The summed E-state index contributed by atoms with van der Waals surface area (Å²) in [6.07, 6.45) is 5.15. The van der Waals surface area contributed by atoms with Crippen molar-refractivity contribution in [1.82, 2.24) is 19.4 Å². The van der Waals surface area contributed by atoms with E-state index in [-0.39, 0.29) is 5.91 Å². The van der Waals surface area contributed by atoms with Crippen molar-refractivity contribution in [3.05, 3.63) is 89.5 Å². The summed E-state index contributed by atoms with van der Waals surface area (Å²) in [5.41, 5.74) is 5.02. The lowest BCUT2D eigenvalue weighted by molar-refractivity contribution is 0.0779. The Morgan fingerprint density at radius 2 is 1.91 bits per heavy atom. The van der Waals surface area contributed by atoms with Gasteiger partial charge in [0.05, 0.1) is 29.7 Å². The van der Waals surface area contributed by atoms with Gasteiger partial charge in [-0.1, -0.05) is 29.8 Å². The van der Waals surface area contributed by atoms with Crippen molar-refractivity contribution in [2.24, 2.45) is 0 Å². The van der Waals surface area contributed by atoms with Crippen LogP contribution in [-0.2, 0) is 13.1 Å². The third-order valence-corrected chi connectivity index (χ3v) is 5.73. The first kappa shape index (κ1) is 22.5. The Kier molecular flexibility index (Phi) is 7.03. The maximum absolute atomic E-state index is 12.8. The van der Waals surface area contributed by atoms with Gasteiger partial charge >= 0.3 is 0 Å². The molecule has 4 rings (SSSR count). The second-order valence-electron chi connectivity index (χ2n) is 8.40. The molecular formula is C27H30N4O2. The number of pyridine rings is 1. The molecule has 0 aliphatic heterocycles. The molecule has 0 saturated heterocycles. The fourth-order valence-corrected chi connectivity index (χ4v) is 4.00. The summed E-state index contributed by atoms with van der Waals surface area (Å²) in [5, 5.41) is 0. The van der Waals surface area contributed by atoms with E-state index in [9.17, 15) is 4.79 Å². The van der Waals surface area contributed by atoms with E-state index in [0.29, 0.717) is 18.7 Å². The van der Waals surface area contributed by atoms with Gasteiger partial charge in [-0.2, -0.15) is 0 Å². The molecule has 6 heteroatoms. The summed E-state index contributed by atoms with van der Waals surface area (Å²) in [5.74, 6) is 1.76. The smallest absolute Gasteiger partial charge is 0.255 e. The molecule has 0 aliphatic carbocycles. The number of aryl methyl sites for hydroxylation is 3. The van der Waals surface area contributed by atoms with Crippen LogP contribution in [0.3, 0.4) is 0 Å². The summed E-state index contributed by atoms with van der Waals surface area (Å²) >= 11 is 0. The van der Waals surface area contributed by atoms with Gasteiger partial charge in [0.25, 0.3) is 5.91 Å². The number of amides is 1. The second-order valence-corrected chi connectivity index (χ2v) is 8.40. The molecule has 2 aromatic heterocycles. The highest BCUT2D eigenvalue weighted by molar-refractivity contribution is 5.93. The number of carbonyl (C=O) groups excluding carboxylic acids is 1. The van der Waals surface area contributed by atoms with Crippen LogP contribution < -0.4 is 4.74 Å². The topological polar surface area (TPSA) is 60.2 Å². The monoisotopic (exact) mass is 442 g/mol. The molecule has 0 unspecified atom stereocenters. The lowest BCUT2D eigenvalue weighted by Gasteiger charge is -2.18. The highest BCUT2D eigenvalue weighted by Gasteiger charge is 2.17. The minimum atomic E-state index is -0.0661. The first-order valence-electron chi connectivity index (χ1n) is 11.3. The molecule has 0 bridgehead atoms. The Hall–Kier alpha value is -3.67. The molecule has 4 aromatic rings. The number of carbonyl (C=O) groups is 1. The van der Waals surface area contributed by atoms with Gasteiger partial charge in [-0.15, -0.1) is 0 Å². The number of hydrogen-bond donors (Lipinski definition) is 0. The molecule has 1 amide bonds. The molecule has 0 N–H and O–H groups in total. The van der Waals surface area contributed by atoms with Gasteiger partial charge in [-0.3, -0.25) is 9.78 Å². The van der Waals surface area contributed by atoms with Crippen molar-refractivity contribution in [2.45, 2.75) is 39.8 Å². The van der Waals surface area contributed by atoms with Crippen molar-refractivity contribution < 1.29 is 9.53 Å². The number of aromatic nitrogens is 3. The quantitative estimate of drug-likeness (QED) is 0.335. The van der Waals surface area contributed by atoms with E-state index in [1.807, 2.05) is 24.3 Å². The molecule has 0 atom stereocenters. The van der Waals surface area contributed by atoms with E-state index in [4.69, 9.17) is 9.72 Å². The molecule has 0 fully saturated rings. The predicted molar refractivity (Wildman–Crippen MR) is 130 cm³/mol. The van der Waals surface area contributed by atoms with Crippen LogP contribution in [0.15, 0.2) is 67.0 Å². The van der Waals surface area contributed by atoms with Crippen LogP contribution >= 0.6 is 0 Å². The number of unbranched alkanes of at least 4 members (excludes halogenated alkanes) is 1. The molecule has 0 radical (unpaired) electrons. The first-order valence-corrected chi connectivity index (χ1v) is 11.3. The fourth-order valence-electron chi connectivity index (χ4n) is 4.00. The predicted octanol–water partition coefficient (Wildman–Crippen LogP) is 5.18. The largest absolute Gasteiger partial charge is 0.493 e. The molecule has 6 nitrogen and oxygen atoms in total. The molecule has 0 spiro atoms. The number of benzene rings is 2. The van der Waals surface area contributed by atoms with Crippen molar-refractivity contribution in [3.8, 4) is 5.75 Å². The number of ether oxygens (including phenoxy) is 1. The summed E-state index contributed by atoms with van der Waals surface area (Å²) in [7, 11) is 1.80. The Bertz CT molecular complexity index is 1230. The zero-order chi connectivity index (χ0) is 23.2. The number of fused-ring (bicyclic) bond motifs is 1. The molecule has 2 heterocycles. The average Bonchev–Trinajstić information content (AvgIpc) is 3.17. The minimum absolute atomic E-state index is 0.0661. The standard InChI is InChI=1S/C27H30N4O2/c1-20-12-13-25(21(2)17-20)33-16-7-6-15-31-24-11-5-4-10-23(24)29-26(31)19-30(3)27(32)22-9-8-14-28-18-22/h4-5,8-14,17-18H,6-7,15-16,19H2,1-3H3. The average molecular weight is 443 g/mol. The number of imidazole rings is 1. The second kappa shape index (κ2) is 10.3. The van der Waals surface area contributed by atoms with Gasteiger partial charge < -0.3 is 14.2 Å². The van der Waals surface area contributed by atoms with Crippen molar-refractivity contribution >= 4 is 16.9 Å². The first-order chi connectivity index (χ1) is 16.0. The highest BCUT2D eigenvalue weighted by Crippen LogP contribution is 2.21. The third-order valence-electron chi connectivity index (χ3n) is 5.73. The van der Waals surface area contributed by atoms with Crippen LogP contribution in [0.1, 0.15) is 40.2 Å². The van der Waals surface area contributed by atoms with E-state index >= 15 is 0 Å². The van der Waals surface area contributed by atoms with Gasteiger partial charge in [0, 0.05) is 26.0 Å². The lowest BCUT2D eigenvalue weighted by atomic mass is 10.1. The molecule has 0 aliphatic rings. The zero-order valence-corrected chi connectivity index (χ0v) is 19.5. The van der Waals surface area contributed by atoms with E-state index < -0.39 is 0 Å². The lowest BCUT2D eigenvalue weighted by Crippen LogP contribution is -2.28. The van der Waals surface area contributed by atoms with Crippen LogP contribution in [0.4, 0.5) is 0 Å². The van der Waals surface area contributed by atoms with Gasteiger partial charge in [0.1, 0.15) is 11.6 Å². The summed E-state index contributed by atoms with van der Waals surface area (Å²) in [6.45, 7) is 6.09. The maximum Gasteiger partial charge on any atom is 0.255 e. The number of para-hydroxylation sites is 2. The van der Waals surface area contributed by atoms with E-state index in [1.54, 1.807) is 36.5 Å². The van der Waals surface area contributed by atoms with Gasteiger partial charge in [0.2, 0.25) is 0 Å². The van der Waals surface area contributed by atoms with Crippen LogP contribution in [0, 0.1) is 13.8 Å². The summed E-state index contributed by atoms with van der Waals surface area (Å²) in [6, 6.07) is 17.9. The van der Waals surface area contributed by atoms with E-state index in [1.165, 1.54) is 11.1 Å². The highest BCUT2D eigenvalue weighted by atomic mass is 16.5. The Morgan fingerprint density at radius 1 is 1.06 bits per heavy atom. The molecule has 0 saturated carbocycles. The van der Waals surface area contributed by atoms with Crippen LogP contribution in [0.5, 0.6) is 5.75 Å². The molecule has 170 valence electrons. The number of rotatable bonds is 9. The minimum Gasteiger partial charge on any atom is -0.493 e. The van der Waals surface area contributed by atoms with Gasteiger partial charge in [-0.05, 0) is 62.6 Å². The maximum atomic E-state index is 12.8. The van der Waals surface area contributed by atoms with Crippen molar-refractivity contribution in [1.29, 1.82) is 0 Å². The van der Waals surface area contributed by atoms with Crippen molar-refractivity contribution in [2.75, 3.05) is 13.7 Å². The van der Waals surface area contributed by atoms with Gasteiger partial charge in [-0.25, -0.2) is 4.98 Å². The Morgan fingerprint density at radius 3 is 2.70 bits per heavy atom. The van der Waals surface area contributed by atoms with E-state index in [2.05, 4.69) is 41.6 Å².